The molecule has 0 atom stereocenters. The van der Waals surface area contributed by atoms with Gasteiger partial charge in [0.2, 0.25) is 5.91 Å². The summed E-state index contributed by atoms with van der Waals surface area (Å²) in [6.45, 7) is 4.74. The molecule has 0 radical (unpaired) electrons. The van der Waals surface area contributed by atoms with Crippen molar-refractivity contribution in [2.24, 2.45) is 11.3 Å². The van der Waals surface area contributed by atoms with Gasteiger partial charge in [-0.2, -0.15) is 5.26 Å². The fourth-order valence-corrected chi connectivity index (χ4v) is 3.40. The Morgan fingerprint density at radius 1 is 1.56 bits per heavy atom. The van der Waals surface area contributed by atoms with E-state index >= 15 is 0 Å². The van der Waals surface area contributed by atoms with Crippen molar-refractivity contribution in [2.45, 2.75) is 39.7 Å². The molecule has 3 nitrogen and oxygen atoms in total. The summed E-state index contributed by atoms with van der Waals surface area (Å²) in [5, 5.41) is 12.1. The van der Waals surface area contributed by atoms with E-state index in [0.29, 0.717) is 25.3 Å². The van der Waals surface area contributed by atoms with Crippen LogP contribution >= 0.6 is 11.3 Å². The highest BCUT2D eigenvalue weighted by atomic mass is 32.1. The van der Waals surface area contributed by atoms with Gasteiger partial charge in [-0.3, -0.25) is 4.79 Å². The van der Waals surface area contributed by atoms with E-state index in [9.17, 15) is 4.79 Å². The highest BCUT2D eigenvalue weighted by Crippen LogP contribution is 2.45. The fourth-order valence-electron chi connectivity index (χ4n) is 2.50. The zero-order valence-corrected chi connectivity index (χ0v) is 11.6. The van der Waals surface area contributed by atoms with Gasteiger partial charge in [0, 0.05) is 9.75 Å². The lowest BCUT2D eigenvalue weighted by molar-refractivity contribution is -0.134. The molecular weight excluding hydrogens is 244 g/mol. The lowest BCUT2D eigenvalue weighted by Gasteiger charge is -2.39. The van der Waals surface area contributed by atoms with E-state index in [1.54, 1.807) is 11.3 Å². The Morgan fingerprint density at radius 3 is 2.72 bits per heavy atom. The second-order valence-electron chi connectivity index (χ2n) is 5.11. The minimum atomic E-state index is -0.760. The Balaban J connectivity index is 1.90. The predicted molar refractivity (Wildman–Crippen MR) is 72.0 cm³/mol. The van der Waals surface area contributed by atoms with Crippen molar-refractivity contribution in [1.29, 1.82) is 5.26 Å². The third kappa shape index (κ3) is 2.41. The van der Waals surface area contributed by atoms with Gasteiger partial charge in [-0.15, -0.1) is 11.3 Å². The Labute approximate surface area is 112 Å². The van der Waals surface area contributed by atoms with Gasteiger partial charge in [0.1, 0.15) is 5.41 Å². The third-order valence-corrected chi connectivity index (χ3v) is 4.76. The van der Waals surface area contributed by atoms with Crippen molar-refractivity contribution in [3.05, 3.63) is 21.9 Å². The number of nitrogens with zero attached hydrogens (tertiary/aromatic N) is 1. The van der Waals surface area contributed by atoms with Gasteiger partial charge >= 0.3 is 0 Å². The molecule has 0 unspecified atom stereocenters. The Kier molecular flexibility index (Phi) is 3.72. The van der Waals surface area contributed by atoms with Crippen molar-refractivity contribution in [3.8, 4) is 6.07 Å². The van der Waals surface area contributed by atoms with E-state index in [4.69, 9.17) is 5.26 Å². The Bertz CT molecular complexity index is 480. The standard InChI is InChI=1S/C14H18N2OS/c1-3-11-4-5-12(18-11)8-16-13(17)14(9-15)6-10(2)7-14/h4-5,10H,3,6-8H2,1-2H3,(H,16,17). The average molecular weight is 262 g/mol. The molecule has 1 N–H and O–H groups in total. The summed E-state index contributed by atoms with van der Waals surface area (Å²) in [6, 6.07) is 6.33. The maximum Gasteiger partial charge on any atom is 0.240 e. The van der Waals surface area contributed by atoms with E-state index in [1.807, 2.05) is 6.07 Å². The number of carbonyl (C=O) groups excluding carboxylic acids is 1. The van der Waals surface area contributed by atoms with Crippen LogP contribution in [0.1, 0.15) is 36.4 Å². The van der Waals surface area contributed by atoms with Gasteiger partial charge in [0.05, 0.1) is 12.6 Å². The molecule has 4 heteroatoms. The molecule has 0 bridgehead atoms. The molecule has 1 aliphatic rings. The predicted octanol–water partition coefficient (Wildman–Crippen LogP) is 2.87. The first-order chi connectivity index (χ1) is 8.59. The zero-order valence-electron chi connectivity index (χ0n) is 10.8. The molecule has 0 spiro atoms. The van der Waals surface area contributed by atoms with Crippen molar-refractivity contribution in [3.63, 3.8) is 0 Å². The van der Waals surface area contributed by atoms with Crippen LogP contribution < -0.4 is 5.32 Å². The monoisotopic (exact) mass is 262 g/mol. The smallest absolute Gasteiger partial charge is 0.240 e. The number of aryl methyl sites for hydroxylation is 1. The average Bonchev–Trinajstić information content (AvgIpc) is 2.79. The van der Waals surface area contributed by atoms with Crippen molar-refractivity contribution < 1.29 is 4.79 Å². The first-order valence-corrected chi connectivity index (χ1v) is 7.18. The summed E-state index contributed by atoms with van der Waals surface area (Å²) in [5.41, 5.74) is -0.760. The lowest BCUT2D eigenvalue weighted by atomic mass is 9.63. The number of amides is 1. The number of rotatable bonds is 4. The molecule has 1 amide bonds. The minimum Gasteiger partial charge on any atom is -0.350 e. The summed E-state index contributed by atoms with van der Waals surface area (Å²) in [4.78, 5) is 14.5. The molecule has 96 valence electrons. The molecule has 1 heterocycles. The van der Waals surface area contributed by atoms with Crippen molar-refractivity contribution >= 4 is 17.2 Å². The van der Waals surface area contributed by atoms with Gasteiger partial charge < -0.3 is 5.32 Å². The first kappa shape index (κ1) is 13.1. The Morgan fingerprint density at radius 2 is 2.22 bits per heavy atom. The van der Waals surface area contributed by atoms with E-state index in [2.05, 4.69) is 31.3 Å². The molecule has 0 aliphatic heterocycles. The molecule has 2 rings (SSSR count). The first-order valence-electron chi connectivity index (χ1n) is 6.37. The number of hydrogen-bond donors (Lipinski definition) is 1. The largest absolute Gasteiger partial charge is 0.350 e. The molecule has 18 heavy (non-hydrogen) atoms. The molecule has 1 fully saturated rings. The Hall–Kier alpha value is -1.34. The van der Waals surface area contributed by atoms with E-state index in [1.165, 1.54) is 4.88 Å². The van der Waals surface area contributed by atoms with Crippen LogP contribution in [0.3, 0.4) is 0 Å². The molecule has 0 aromatic carbocycles. The maximum atomic E-state index is 12.0. The topological polar surface area (TPSA) is 52.9 Å². The summed E-state index contributed by atoms with van der Waals surface area (Å²) in [6.07, 6.45) is 2.41. The molecule has 0 saturated heterocycles. The summed E-state index contributed by atoms with van der Waals surface area (Å²) in [7, 11) is 0. The molecule has 1 aromatic rings. The quantitative estimate of drug-likeness (QED) is 0.907. The van der Waals surface area contributed by atoms with Crippen LogP contribution in [0, 0.1) is 22.7 Å². The number of thiophene rings is 1. The lowest BCUT2D eigenvalue weighted by Crippen LogP contribution is -2.47. The van der Waals surface area contributed by atoms with Crippen LogP contribution in [0.5, 0.6) is 0 Å². The van der Waals surface area contributed by atoms with Gasteiger partial charge in [0.25, 0.3) is 0 Å². The number of nitrogens with one attached hydrogen (secondary N) is 1. The van der Waals surface area contributed by atoms with Gasteiger partial charge in [-0.1, -0.05) is 13.8 Å². The van der Waals surface area contributed by atoms with Gasteiger partial charge in [-0.25, -0.2) is 0 Å². The minimum absolute atomic E-state index is 0.102. The second-order valence-corrected chi connectivity index (χ2v) is 6.36. The highest BCUT2D eigenvalue weighted by molar-refractivity contribution is 7.11. The zero-order chi connectivity index (χ0) is 13.2. The van der Waals surface area contributed by atoms with Crippen LogP contribution in [0.25, 0.3) is 0 Å². The van der Waals surface area contributed by atoms with E-state index in [-0.39, 0.29) is 5.91 Å². The van der Waals surface area contributed by atoms with Gasteiger partial charge in [-0.05, 0) is 37.3 Å². The third-order valence-electron chi connectivity index (χ3n) is 3.53. The molecule has 1 saturated carbocycles. The maximum absolute atomic E-state index is 12.0. The highest BCUT2D eigenvalue weighted by Gasteiger charge is 2.48. The van der Waals surface area contributed by atoms with Crippen LogP contribution in [-0.4, -0.2) is 5.91 Å². The molecule has 1 aliphatic carbocycles. The summed E-state index contributed by atoms with van der Waals surface area (Å²) < 4.78 is 0. The normalized spacial score (nSPS) is 26.2. The van der Waals surface area contributed by atoms with Crippen molar-refractivity contribution in [2.75, 3.05) is 0 Å². The van der Waals surface area contributed by atoms with Crippen molar-refractivity contribution in [1.82, 2.24) is 5.32 Å². The number of hydrogen-bond acceptors (Lipinski definition) is 3. The number of nitriles is 1. The summed E-state index contributed by atoms with van der Waals surface area (Å²) in [5.74, 6) is 0.387. The summed E-state index contributed by atoms with van der Waals surface area (Å²) >= 11 is 1.72. The van der Waals surface area contributed by atoms with Crippen LogP contribution in [0.15, 0.2) is 12.1 Å². The van der Waals surface area contributed by atoms with Crippen LogP contribution in [0.2, 0.25) is 0 Å². The molecular formula is C14H18N2OS. The van der Waals surface area contributed by atoms with E-state index in [0.717, 1.165) is 11.3 Å². The van der Waals surface area contributed by atoms with Crippen LogP contribution in [-0.2, 0) is 17.8 Å². The van der Waals surface area contributed by atoms with Gasteiger partial charge in [0.15, 0.2) is 0 Å². The SMILES string of the molecule is CCc1ccc(CNC(=O)C2(C#N)CC(C)C2)s1. The van der Waals surface area contributed by atoms with E-state index < -0.39 is 5.41 Å². The van der Waals surface area contributed by atoms with Crippen LogP contribution in [0.4, 0.5) is 0 Å². The fraction of sp³-hybridized carbons (Fsp3) is 0.571. The molecule has 1 aromatic heterocycles. The second kappa shape index (κ2) is 5.11. The number of carbonyl (C=O) groups is 1.